The molecular formula is C20H22N4O2. The van der Waals surface area contributed by atoms with Gasteiger partial charge in [-0.05, 0) is 58.9 Å². The van der Waals surface area contributed by atoms with Crippen LogP contribution in [0.5, 0.6) is 5.75 Å². The molecule has 2 aromatic carbocycles. The summed E-state index contributed by atoms with van der Waals surface area (Å²) >= 11 is 0. The molecule has 0 saturated heterocycles. The van der Waals surface area contributed by atoms with E-state index in [1.54, 1.807) is 7.05 Å². The van der Waals surface area contributed by atoms with Gasteiger partial charge in [-0.2, -0.15) is 9.36 Å². The lowest BCUT2D eigenvalue weighted by Gasteiger charge is -2.16. The standard InChI is InChI=1S/C20H22N4O2/c1-3-14-7-6-9-18(24-20(25)23(2)21-22-24)17(14)13-26-19-10-5-4-8-16(19)15-11-12-15/h4-10,15H,3,11-13H2,1-2H3. The number of ether oxygens (including phenoxy) is 1. The minimum atomic E-state index is -0.266. The van der Waals surface area contributed by atoms with Crippen molar-refractivity contribution < 1.29 is 4.74 Å². The van der Waals surface area contributed by atoms with Crippen molar-refractivity contribution in [1.29, 1.82) is 0 Å². The minimum absolute atomic E-state index is 0.266. The van der Waals surface area contributed by atoms with Gasteiger partial charge in [-0.15, -0.1) is 0 Å². The van der Waals surface area contributed by atoms with Gasteiger partial charge in [-0.25, -0.2) is 4.79 Å². The highest BCUT2D eigenvalue weighted by Gasteiger charge is 2.26. The van der Waals surface area contributed by atoms with Crippen LogP contribution in [0.1, 0.15) is 42.4 Å². The number of aromatic nitrogens is 4. The summed E-state index contributed by atoms with van der Waals surface area (Å²) in [6.07, 6.45) is 3.31. The lowest BCUT2D eigenvalue weighted by Crippen LogP contribution is -2.23. The van der Waals surface area contributed by atoms with Crippen molar-refractivity contribution >= 4 is 0 Å². The van der Waals surface area contributed by atoms with Crippen LogP contribution in [0.25, 0.3) is 5.69 Å². The van der Waals surface area contributed by atoms with E-state index in [2.05, 4.69) is 35.5 Å². The molecule has 0 unspecified atom stereocenters. The van der Waals surface area contributed by atoms with Crippen LogP contribution in [0.4, 0.5) is 0 Å². The second kappa shape index (κ2) is 6.78. The summed E-state index contributed by atoms with van der Waals surface area (Å²) in [6.45, 7) is 2.49. The summed E-state index contributed by atoms with van der Waals surface area (Å²) in [5, 5.41) is 7.82. The summed E-state index contributed by atoms with van der Waals surface area (Å²) in [4.78, 5) is 12.3. The Balaban J connectivity index is 1.70. The molecule has 134 valence electrons. The van der Waals surface area contributed by atoms with Crippen molar-refractivity contribution in [3.8, 4) is 11.4 Å². The molecule has 6 heteroatoms. The maximum Gasteiger partial charge on any atom is 0.368 e. The second-order valence-electron chi connectivity index (χ2n) is 6.67. The quantitative estimate of drug-likeness (QED) is 0.686. The van der Waals surface area contributed by atoms with E-state index in [0.29, 0.717) is 12.5 Å². The summed E-state index contributed by atoms with van der Waals surface area (Å²) < 4.78 is 8.77. The Hall–Kier alpha value is -2.89. The first kappa shape index (κ1) is 16.6. The van der Waals surface area contributed by atoms with Gasteiger partial charge in [0.1, 0.15) is 12.4 Å². The van der Waals surface area contributed by atoms with E-state index in [0.717, 1.165) is 29.0 Å². The van der Waals surface area contributed by atoms with Gasteiger partial charge in [0.05, 0.1) is 5.69 Å². The first-order valence-corrected chi connectivity index (χ1v) is 9.01. The van der Waals surface area contributed by atoms with E-state index in [-0.39, 0.29) is 5.69 Å². The molecule has 0 atom stereocenters. The Morgan fingerprint density at radius 2 is 1.92 bits per heavy atom. The Bertz CT molecular complexity index is 985. The molecule has 1 heterocycles. The van der Waals surface area contributed by atoms with Crippen LogP contribution in [0.3, 0.4) is 0 Å². The number of hydrogen-bond acceptors (Lipinski definition) is 4. The molecule has 0 aliphatic heterocycles. The molecule has 0 N–H and O–H groups in total. The number of hydrogen-bond donors (Lipinski definition) is 0. The zero-order valence-corrected chi connectivity index (χ0v) is 15.1. The first-order chi connectivity index (χ1) is 12.7. The lowest BCUT2D eigenvalue weighted by molar-refractivity contribution is 0.301. The Morgan fingerprint density at radius 1 is 1.12 bits per heavy atom. The van der Waals surface area contributed by atoms with Gasteiger partial charge in [0, 0.05) is 12.6 Å². The maximum atomic E-state index is 12.3. The van der Waals surface area contributed by atoms with E-state index in [4.69, 9.17) is 4.74 Å². The van der Waals surface area contributed by atoms with Crippen molar-refractivity contribution in [2.24, 2.45) is 7.05 Å². The summed E-state index contributed by atoms with van der Waals surface area (Å²) in [7, 11) is 1.59. The number of nitrogens with zero attached hydrogens (tertiary/aromatic N) is 4. The number of para-hydroxylation sites is 1. The normalized spacial score (nSPS) is 13.8. The zero-order chi connectivity index (χ0) is 18.1. The van der Waals surface area contributed by atoms with Gasteiger partial charge in [-0.3, -0.25) is 0 Å². The van der Waals surface area contributed by atoms with Crippen molar-refractivity contribution in [2.45, 2.75) is 38.7 Å². The molecule has 1 aromatic heterocycles. The monoisotopic (exact) mass is 350 g/mol. The maximum absolute atomic E-state index is 12.3. The zero-order valence-electron chi connectivity index (χ0n) is 15.1. The van der Waals surface area contributed by atoms with Crippen molar-refractivity contribution in [2.75, 3.05) is 0 Å². The lowest BCUT2D eigenvalue weighted by atomic mass is 10.0. The SMILES string of the molecule is CCc1cccc(-n2nnn(C)c2=O)c1COc1ccccc1C1CC1. The fraction of sp³-hybridized carbons (Fsp3) is 0.350. The van der Waals surface area contributed by atoms with Gasteiger partial charge in [-0.1, -0.05) is 37.3 Å². The number of aryl methyl sites for hydroxylation is 2. The van der Waals surface area contributed by atoms with Crippen LogP contribution < -0.4 is 10.4 Å². The van der Waals surface area contributed by atoms with E-state index in [9.17, 15) is 4.79 Å². The largest absolute Gasteiger partial charge is 0.489 e. The molecule has 1 aliphatic rings. The van der Waals surface area contributed by atoms with Crippen molar-refractivity contribution in [3.63, 3.8) is 0 Å². The molecule has 0 radical (unpaired) electrons. The third kappa shape index (κ3) is 3.03. The summed E-state index contributed by atoms with van der Waals surface area (Å²) in [5.74, 6) is 1.55. The summed E-state index contributed by atoms with van der Waals surface area (Å²) in [5.41, 5.74) is 3.86. The fourth-order valence-electron chi connectivity index (χ4n) is 3.28. The molecule has 1 fully saturated rings. The van der Waals surface area contributed by atoms with Crippen LogP contribution in [0.15, 0.2) is 47.3 Å². The first-order valence-electron chi connectivity index (χ1n) is 9.01. The fourth-order valence-corrected chi connectivity index (χ4v) is 3.28. The van der Waals surface area contributed by atoms with Crippen molar-refractivity contribution in [1.82, 2.24) is 19.8 Å². The molecule has 1 saturated carbocycles. The molecule has 0 spiro atoms. The predicted molar refractivity (Wildman–Crippen MR) is 98.7 cm³/mol. The number of rotatable bonds is 6. The Kier molecular flexibility index (Phi) is 4.32. The minimum Gasteiger partial charge on any atom is -0.489 e. The highest BCUT2D eigenvalue weighted by Crippen LogP contribution is 2.44. The topological polar surface area (TPSA) is 61.9 Å². The number of benzene rings is 2. The Labute approximate surface area is 152 Å². The predicted octanol–water partition coefficient (Wildman–Crippen LogP) is 2.98. The second-order valence-corrected chi connectivity index (χ2v) is 6.67. The molecule has 0 amide bonds. The third-order valence-corrected chi connectivity index (χ3v) is 4.89. The van der Waals surface area contributed by atoms with Gasteiger partial charge >= 0.3 is 5.69 Å². The van der Waals surface area contributed by atoms with E-state index in [1.807, 2.05) is 24.3 Å². The molecular weight excluding hydrogens is 328 g/mol. The van der Waals surface area contributed by atoms with Gasteiger partial charge < -0.3 is 4.74 Å². The van der Waals surface area contributed by atoms with Crippen molar-refractivity contribution in [3.05, 3.63) is 69.6 Å². The van der Waals surface area contributed by atoms with E-state index < -0.39 is 0 Å². The molecule has 3 aromatic rings. The van der Waals surface area contributed by atoms with E-state index >= 15 is 0 Å². The van der Waals surface area contributed by atoms with Crippen LogP contribution in [0, 0.1) is 0 Å². The highest BCUT2D eigenvalue weighted by atomic mass is 16.5. The molecule has 1 aliphatic carbocycles. The third-order valence-electron chi connectivity index (χ3n) is 4.89. The van der Waals surface area contributed by atoms with Crippen LogP contribution >= 0.6 is 0 Å². The molecule has 26 heavy (non-hydrogen) atoms. The highest BCUT2D eigenvalue weighted by molar-refractivity contribution is 5.46. The van der Waals surface area contributed by atoms with Gasteiger partial charge in [0.15, 0.2) is 0 Å². The average Bonchev–Trinajstić information content (AvgIpc) is 3.46. The van der Waals surface area contributed by atoms with Crippen LogP contribution in [-0.4, -0.2) is 19.8 Å². The van der Waals surface area contributed by atoms with E-state index in [1.165, 1.54) is 27.8 Å². The molecule has 0 bridgehead atoms. The van der Waals surface area contributed by atoms with Gasteiger partial charge in [0.25, 0.3) is 0 Å². The van der Waals surface area contributed by atoms with Crippen LogP contribution in [-0.2, 0) is 20.1 Å². The summed E-state index contributed by atoms with van der Waals surface area (Å²) in [6, 6.07) is 14.1. The molecule has 6 nitrogen and oxygen atoms in total. The molecule has 4 rings (SSSR count). The smallest absolute Gasteiger partial charge is 0.368 e. The Morgan fingerprint density at radius 3 is 2.62 bits per heavy atom. The average molecular weight is 350 g/mol. The van der Waals surface area contributed by atoms with Crippen LogP contribution in [0.2, 0.25) is 0 Å². The number of tetrazole rings is 1. The van der Waals surface area contributed by atoms with Gasteiger partial charge in [0.2, 0.25) is 0 Å².